The van der Waals surface area contributed by atoms with E-state index in [1.807, 2.05) is 30.3 Å². The van der Waals surface area contributed by atoms with E-state index in [1.54, 1.807) is 42.8 Å². The molecule has 4 aromatic rings. The Balaban J connectivity index is 1.90. The summed E-state index contributed by atoms with van der Waals surface area (Å²) in [5, 5.41) is 20.9. The zero-order valence-electron chi connectivity index (χ0n) is 17.4. The Morgan fingerprint density at radius 3 is 2.55 bits per heavy atom. The fourth-order valence-electron chi connectivity index (χ4n) is 3.59. The van der Waals surface area contributed by atoms with Crippen LogP contribution in [0.15, 0.2) is 71.9 Å². The Bertz CT molecular complexity index is 1380. The molecule has 0 radical (unpaired) electrons. The summed E-state index contributed by atoms with van der Waals surface area (Å²) in [4.78, 5) is 29.1. The minimum absolute atomic E-state index is 0.0913. The van der Waals surface area contributed by atoms with Gasteiger partial charge in [-0.25, -0.2) is 4.98 Å². The van der Waals surface area contributed by atoms with E-state index in [0.29, 0.717) is 22.4 Å². The maximum atomic E-state index is 12.7. The third-order valence-electron chi connectivity index (χ3n) is 5.16. The van der Waals surface area contributed by atoms with Gasteiger partial charge in [0.05, 0.1) is 16.5 Å². The lowest BCUT2D eigenvalue weighted by molar-refractivity contribution is -0.912. The SMILES string of the molecule is CC(=O)c1cn(-c2cccc(-c3ccc(C(C)(C)O)[n+](O)c3)c2)c2ncccc2c1=O. The van der Waals surface area contributed by atoms with Gasteiger partial charge >= 0.3 is 0 Å². The number of Topliss-reactive ketones (excluding diaryl/α,β-unsaturated/α-hetero) is 1. The van der Waals surface area contributed by atoms with Crippen LogP contribution in [0.3, 0.4) is 0 Å². The molecule has 0 atom stereocenters. The Labute approximate surface area is 178 Å². The second-order valence-electron chi connectivity index (χ2n) is 7.93. The molecular weight excluding hydrogens is 394 g/mol. The van der Waals surface area contributed by atoms with Gasteiger partial charge in [-0.05, 0) is 56.7 Å². The smallest absolute Gasteiger partial charge is 0.264 e. The first-order chi connectivity index (χ1) is 14.7. The Morgan fingerprint density at radius 2 is 1.87 bits per heavy atom. The average Bonchev–Trinajstić information content (AvgIpc) is 2.73. The second-order valence-corrected chi connectivity index (χ2v) is 7.93. The van der Waals surface area contributed by atoms with Crippen molar-refractivity contribution in [2.75, 3.05) is 0 Å². The van der Waals surface area contributed by atoms with Crippen molar-refractivity contribution >= 4 is 16.8 Å². The molecule has 0 aliphatic carbocycles. The van der Waals surface area contributed by atoms with E-state index < -0.39 is 5.60 Å². The highest BCUT2D eigenvalue weighted by molar-refractivity contribution is 5.97. The van der Waals surface area contributed by atoms with E-state index in [1.165, 1.54) is 19.3 Å². The summed E-state index contributed by atoms with van der Waals surface area (Å²) in [6, 6.07) is 14.2. The van der Waals surface area contributed by atoms with Crippen LogP contribution in [0.2, 0.25) is 0 Å². The summed E-state index contributed by atoms with van der Waals surface area (Å²) in [5.74, 6) is -0.316. The molecule has 0 saturated heterocycles. The summed E-state index contributed by atoms with van der Waals surface area (Å²) in [7, 11) is 0. The number of fused-ring (bicyclic) bond motifs is 1. The van der Waals surface area contributed by atoms with Crippen molar-refractivity contribution < 1.29 is 19.8 Å². The van der Waals surface area contributed by atoms with Gasteiger partial charge in [0.15, 0.2) is 5.78 Å². The number of ketones is 1. The van der Waals surface area contributed by atoms with E-state index in [4.69, 9.17) is 0 Å². The number of nitrogens with zero attached hydrogens (tertiary/aromatic N) is 3. The number of benzene rings is 1. The quantitative estimate of drug-likeness (QED) is 0.303. The van der Waals surface area contributed by atoms with Gasteiger partial charge in [0.1, 0.15) is 11.2 Å². The molecule has 3 heterocycles. The molecular formula is C24H22N3O4+. The molecule has 0 amide bonds. The Kier molecular flexibility index (Phi) is 4.91. The summed E-state index contributed by atoms with van der Waals surface area (Å²) in [6.07, 6.45) is 4.64. The van der Waals surface area contributed by atoms with Crippen molar-refractivity contribution in [2.24, 2.45) is 0 Å². The van der Waals surface area contributed by atoms with Crippen LogP contribution in [-0.4, -0.2) is 25.6 Å². The zero-order chi connectivity index (χ0) is 22.3. The number of carbonyl (C=O) groups is 1. The third-order valence-corrected chi connectivity index (χ3v) is 5.16. The number of pyridine rings is 3. The minimum atomic E-state index is -1.20. The van der Waals surface area contributed by atoms with E-state index >= 15 is 0 Å². The molecule has 0 fully saturated rings. The van der Waals surface area contributed by atoms with E-state index in [9.17, 15) is 19.9 Å². The molecule has 4 rings (SSSR count). The zero-order valence-corrected chi connectivity index (χ0v) is 17.4. The fraction of sp³-hybridized carbons (Fsp3) is 0.167. The molecule has 0 spiro atoms. The van der Waals surface area contributed by atoms with Gasteiger partial charge in [-0.2, -0.15) is 0 Å². The number of aromatic nitrogens is 3. The molecule has 2 N–H and O–H groups in total. The first-order valence-corrected chi connectivity index (χ1v) is 9.77. The summed E-state index contributed by atoms with van der Waals surface area (Å²) < 4.78 is 2.63. The van der Waals surface area contributed by atoms with E-state index in [0.717, 1.165) is 15.9 Å². The summed E-state index contributed by atoms with van der Waals surface area (Å²) in [6.45, 7) is 4.55. The van der Waals surface area contributed by atoms with Crippen LogP contribution in [0.5, 0.6) is 0 Å². The topological polar surface area (TPSA) is 96.3 Å². The van der Waals surface area contributed by atoms with Crippen LogP contribution in [-0.2, 0) is 5.60 Å². The molecule has 3 aromatic heterocycles. The lowest BCUT2D eigenvalue weighted by Gasteiger charge is -2.14. The van der Waals surface area contributed by atoms with Gasteiger partial charge in [-0.1, -0.05) is 12.1 Å². The monoisotopic (exact) mass is 416 g/mol. The van der Waals surface area contributed by atoms with Crippen molar-refractivity contribution in [3.63, 3.8) is 0 Å². The molecule has 0 aliphatic rings. The molecule has 0 aliphatic heterocycles. The van der Waals surface area contributed by atoms with Gasteiger partial charge in [0.25, 0.3) is 5.69 Å². The molecule has 0 unspecified atom stereocenters. The van der Waals surface area contributed by atoms with Crippen LogP contribution in [0.1, 0.15) is 36.8 Å². The second kappa shape index (κ2) is 7.45. The normalized spacial score (nSPS) is 11.6. The molecule has 0 saturated carbocycles. The first kappa shape index (κ1) is 20.4. The number of hydrogen-bond donors (Lipinski definition) is 2. The maximum absolute atomic E-state index is 12.7. The van der Waals surface area contributed by atoms with Crippen molar-refractivity contribution in [1.82, 2.24) is 9.55 Å². The van der Waals surface area contributed by atoms with Crippen molar-refractivity contribution in [1.29, 1.82) is 0 Å². The van der Waals surface area contributed by atoms with Gasteiger partial charge in [-0.3, -0.25) is 14.8 Å². The number of aliphatic hydroxyl groups is 1. The van der Waals surface area contributed by atoms with Crippen LogP contribution in [0.4, 0.5) is 0 Å². The standard InChI is InChI=1S/C24H22N3O4/c1-15(28)20-14-26(23-19(22(20)29)8-5-11-25-23)18-7-4-6-16(12-18)17-9-10-21(24(2,3)30)27(31)13-17/h4-14,30-31H,1-3H3/q+1. The molecule has 7 nitrogen and oxygen atoms in total. The number of rotatable bonds is 4. The number of carbonyl (C=O) groups excluding carboxylic acids is 1. The van der Waals surface area contributed by atoms with Crippen LogP contribution in [0.25, 0.3) is 27.8 Å². The molecule has 31 heavy (non-hydrogen) atoms. The van der Waals surface area contributed by atoms with Crippen LogP contribution in [0, 0.1) is 0 Å². The minimum Gasteiger partial charge on any atom is -0.379 e. The highest BCUT2D eigenvalue weighted by atomic mass is 16.5. The largest absolute Gasteiger partial charge is 0.379 e. The van der Waals surface area contributed by atoms with Gasteiger partial charge in [0.2, 0.25) is 11.6 Å². The van der Waals surface area contributed by atoms with E-state index in [-0.39, 0.29) is 16.8 Å². The molecule has 156 valence electrons. The fourth-order valence-corrected chi connectivity index (χ4v) is 3.59. The average molecular weight is 416 g/mol. The highest BCUT2D eigenvalue weighted by Gasteiger charge is 2.28. The molecule has 0 bridgehead atoms. The predicted octanol–water partition coefficient (Wildman–Crippen LogP) is 3.01. The molecule has 7 heteroatoms. The van der Waals surface area contributed by atoms with Crippen molar-refractivity contribution in [2.45, 2.75) is 26.4 Å². The lowest BCUT2D eigenvalue weighted by atomic mass is 10.0. The number of hydrogen-bond acceptors (Lipinski definition) is 5. The third kappa shape index (κ3) is 3.71. The Hall–Kier alpha value is -3.84. The van der Waals surface area contributed by atoms with E-state index in [2.05, 4.69) is 4.98 Å². The van der Waals surface area contributed by atoms with Crippen LogP contribution >= 0.6 is 0 Å². The van der Waals surface area contributed by atoms with Gasteiger partial charge in [0, 0.05) is 28.9 Å². The molecule has 1 aromatic carbocycles. The first-order valence-electron chi connectivity index (χ1n) is 9.77. The summed E-state index contributed by atoms with van der Waals surface area (Å²) >= 11 is 0. The van der Waals surface area contributed by atoms with Crippen molar-refractivity contribution in [3.8, 4) is 16.8 Å². The van der Waals surface area contributed by atoms with Gasteiger partial charge in [-0.15, -0.1) is 0 Å². The predicted molar refractivity (Wildman–Crippen MR) is 115 cm³/mol. The maximum Gasteiger partial charge on any atom is 0.264 e. The Morgan fingerprint density at radius 1 is 1.10 bits per heavy atom. The van der Waals surface area contributed by atoms with Crippen molar-refractivity contribution in [3.05, 3.63) is 88.6 Å². The highest BCUT2D eigenvalue weighted by Crippen LogP contribution is 2.25. The van der Waals surface area contributed by atoms with Gasteiger partial charge < -0.3 is 9.67 Å². The summed E-state index contributed by atoms with van der Waals surface area (Å²) in [5.41, 5.74) is 1.59. The van der Waals surface area contributed by atoms with Crippen LogP contribution < -0.4 is 10.2 Å². The lowest BCUT2D eigenvalue weighted by Crippen LogP contribution is -2.41.